The van der Waals surface area contributed by atoms with Gasteiger partial charge in [-0.15, -0.1) is 24.8 Å². The molecular weight excluding hydrogens is 459 g/mol. The lowest BCUT2D eigenvalue weighted by atomic mass is 9.68. The van der Waals surface area contributed by atoms with Crippen molar-refractivity contribution in [1.29, 1.82) is 0 Å². The molecule has 2 N–H and O–H groups in total. The second kappa shape index (κ2) is 14.5. The molecule has 4 rings (SSSR count). The number of nitrogens with zero attached hydrogens (tertiary/aromatic N) is 1. The molecule has 184 valence electrons. The molecule has 1 aliphatic rings. The molecule has 0 unspecified atom stereocenters. The predicted molar refractivity (Wildman–Crippen MR) is 151 cm³/mol. The van der Waals surface area contributed by atoms with E-state index in [2.05, 4.69) is 95.9 Å². The summed E-state index contributed by atoms with van der Waals surface area (Å²) in [6.45, 7) is 4.36. The lowest BCUT2D eigenvalue weighted by Gasteiger charge is -2.37. The molecule has 0 spiro atoms. The zero-order chi connectivity index (χ0) is 22.1. The summed E-state index contributed by atoms with van der Waals surface area (Å²) in [7, 11) is 0. The summed E-state index contributed by atoms with van der Waals surface area (Å²) in [5.74, 6) is 0.727. The van der Waals surface area contributed by atoms with Gasteiger partial charge in [-0.2, -0.15) is 0 Å². The van der Waals surface area contributed by atoms with Gasteiger partial charge in [0.25, 0.3) is 0 Å². The Morgan fingerprint density at radius 1 is 0.676 bits per heavy atom. The molecule has 1 heterocycles. The highest BCUT2D eigenvalue weighted by molar-refractivity contribution is 5.85. The van der Waals surface area contributed by atoms with Crippen molar-refractivity contribution in [3.05, 3.63) is 108 Å². The molecule has 4 heteroatoms. The quantitative estimate of drug-likeness (QED) is 0.319. The summed E-state index contributed by atoms with van der Waals surface area (Å²) < 4.78 is 0. The van der Waals surface area contributed by atoms with Gasteiger partial charge in [0.15, 0.2) is 0 Å². The number of benzene rings is 3. The first kappa shape index (κ1) is 28.4. The van der Waals surface area contributed by atoms with Gasteiger partial charge >= 0.3 is 0 Å². The van der Waals surface area contributed by atoms with Gasteiger partial charge in [0, 0.05) is 5.41 Å². The fourth-order valence-electron chi connectivity index (χ4n) is 5.61. The summed E-state index contributed by atoms with van der Waals surface area (Å²) in [5.41, 5.74) is 10.4. The molecule has 3 aromatic rings. The maximum absolute atomic E-state index is 5.99. The van der Waals surface area contributed by atoms with Crippen molar-refractivity contribution in [2.24, 2.45) is 5.73 Å². The smallest absolute Gasteiger partial charge is 0.0203 e. The summed E-state index contributed by atoms with van der Waals surface area (Å²) >= 11 is 0. The lowest BCUT2D eigenvalue weighted by Crippen LogP contribution is -2.35. The molecule has 1 aliphatic heterocycles. The number of halogens is 2. The lowest BCUT2D eigenvalue weighted by molar-refractivity contribution is 0.203. The van der Waals surface area contributed by atoms with Gasteiger partial charge in [-0.1, -0.05) is 91.0 Å². The van der Waals surface area contributed by atoms with E-state index in [-0.39, 0.29) is 30.2 Å². The zero-order valence-electron chi connectivity index (χ0n) is 20.1. The van der Waals surface area contributed by atoms with Crippen LogP contribution in [0, 0.1) is 0 Å². The Labute approximate surface area is 218 Å². The van der Waals surface area contributed by atoms with Crippen LogP contribution in [0.25, 0.3) is 0 Å². The van der Waals surface area contributed by atoms with E-state index in [1.54, 1.807) is 0 Å². The van der Waals surface area contributed by atoms with Gasteiger partial charge in [0.05, 0.1) is 0 Å². The number of piperidine rings is 1. The fourth-order valence-corrected chi connectivity index (χ4v) is 5.61. The van der Waals surface area contributed by atoms with Crippen LogP contribution in [0.5, 0.6) is 0 Å². The van der Waals surface area contributed by atoms with Crippen LogP contribution in [-0.2, 0) is 5.41 Å². The van der Waals surface area contributed by atoms with Gasteiger partial charge in [0.2, 0.25) is 0 Å². The molecule has 0 bridgehead atoms. The summed E-state index contributed by atoms with van der Waals surface area (Å²) in [5, 5.41) is 0. The van der Waals surface area contributed by atoms with E-state index in [1.807, 2.05) is 0 Å². The normalized spacial score (nSPS) is 14.7. The van der Waals surface area contributed by atoms with Crippen molar-refractivity contribution in [3.63, 3.8) is 0 Å². The minimum atomic E-state index is 0. The van der Waals surface area contributed by atoms with E-state index in [9.17, 15) is 0 Å². The number of hydrogen-bond acceptors (Lipinski definition) is 2. The van der Waals surface area contributed by atoms with Gasteiger partial charge < -0.3 is 10.6 Å². The first-order valence-electron chi connectivity index (χ1n) is 12.4. The van der Waals surface area contributed by atoms with Crippen molar-refractivity contribution >= 4 is 24.8 Å². The van der Waals surface area contributed by atoms with Crippen molar-refractivity contribution in [3.8, 4) is 0 Å². The molecule has 0 aromatic heterocycles. The molecule has 2 nitrogen and oxygen atoms in total. The molecule has 0 saturated carbocycles. The number of nitrogens with two attached hydrogens (primary N) is 1. The Morgan fingerprint density at radius 3 is 1.65 bits per heavy atom. The third-order valence-electron chi connectivity index (χ3n) is 7.40. The van der Waals surface area contributed by atoms with Crippen molar-refractivity contribution in [2.75, 3.05) is 26.2 Å². The topological polar surface area (TPSA) is 29.3 Å². The van der Waals surface area contributed by atoms with Crippen LogP contribution in [0.4, 0.5) is 0 Å². The minimum absolute atomic E-state index is 0. The minimum Gasteiger partial charge on any atom is -0.330 e. The molecule has 1 fully saturated rings. The van der Waals surface area contributed by atoms with Crippen LogP contribution < -0.4 is 5.73 Å². The van der Waals surface area contributed by atoms with E-state index in [0.717, 1.165) is 25.3 Å². The van der Waals surface area contributed by atoms with E-state index < -0.39 is 0 Å². The molecule has 0 aliphatic carbocycles. The first-order valence-corrected chi connectivity index (χ1v) is 12.4. The number of hydrogen-bond donors (Lipinski definition) is 1. The standard InChI is InChI=1S/C30H38N2.2ClH/c31-22-10-20-30(28-14-6-2-7-15-28,29-16-8-3-9-17-29)21-11-23-32-24-18-27(19-25-32)26-12-4-1-5-13-26;;/h1-9,12-17,27H,10-11,18-25,31H2;2*1H. The van der Waals surface area contributed by atoms with Crippen LogP contribution in [-0.4, -0.2) is 31.1 Å². The molecule has 0 amide bonds. The second-order valence-electron chi connectivity index (χ2n) is 9.34. The van der Waals surface area contributed by atoms with E-state index >= 15 is 0 Å². The van der Waals surface area contributed by atoms with E-state index in [4.69, 9.17) is 5.73 Å². The highest BCUT2D eigenvalue weighted by atomic mass is 35.5. The Bertz CT molecular complexity index is 871. The predicted octanol–water partition coefficient (Wildman–Crippen LogP) is 7.22. The zero-order valence-corrected chi connectivity index (χ0v) is 21.8. The Morgan fingerprint density at radius 2 is 1.15 bits per heavy atom. The van der Waals surface area contributed by atoms with E-state index in [1.165, 1.54) is 62.0 Å². The largest absolute Gasteiger partial charge is 0.330 e. The molecule has 1 saturated heterocycles. The molecule has 3 aromatic carbocycles. The fraction of sp³-hybridized carbons (Fsp3) is 0.400. The maximum Gasteiger partial charge on any atom is 0.0203 e. The van der Waals surface area contributed by atoms with Crippen LogP contribution in [0.2, 0.25) is 0 Å². The van der Waals surface area contributed by atoms with Gasteiger partial charge in [-0.3, -0.25) is 0 Å². The summed E-state index contributed by atoms with van der Waals surface area (Å²) in [6, 6.07) is 33.3. The molecule has 0 atom stereocenters. The third-order valence-corrected chi connectivity index (χ3v) is 7.40. The Balaban J connectivity index is 0.00000204. The van der Waals surface area contributed by atoms with Crippen LogP contribution in [0.3, 0.4) is 0 Å². The SMILES string of the molecule is Cl.Cl.NCCCC(CCCN1CCC(c2ccccc2)CC1)(c1ccccc1)c1ccccc1. The van der Waals surface area contributed by atoms with Crippen molar-refractivity contribution in [1.82, 2.24) is 4.90 Å². The van der Waals surface area contributed by atoms with Crippen LogP contribution in [0.15, 0.2) is 91.0 Å². The maximum atomic E-state index is 5.99. The van der Waals surface area contributed by atoms with Crippen LogP contribution in [0.1, 0.15) is 61.1 Å². The van der Waals surface area contributed by atoms with Crippen molar-refractivity contribution in [2.45, 2.75) is 49.9 Å². The molecule has 0 radical (unpaired) electrons. The van der Waals surface area contributed by atoms with Gasteiger partial charge in [0.1, 0.15) is 0 Å². The second-order valence-corrected chi connectivity index (χ2v) is 9.34. The summed E-state index contributed by atoms with van der Waals surface area (Å²) in [4.78, 5) is 2.68. The average Bonchev–Trinajstić information content (AvgIpc) is 2.88. The Kier molecular flexibility index (Phi) is 12.1. The molecular formula is C30H40Cl2N2. The average molecular weight is 500 g/mol. The van der Waals surface area contributed by atoms with Gasteiger partial charge in [-0.05, 0) is 87.3 Å². The number of rotatable bonds is 10. The molecule has 34 heavy (non-hydrogen) atoms. The summed E-state index contributed by atoms with van der Waals surface area (Å²) in [6.07, 6.45) is 7.09. The van der Waals surface area contributed by atoms with Crippen LogP contribution >= 0.6 is 24.8 Å². The van der Waals surface area contributed by atoms with E-state index in [0.29, 0.717) is 0 Å². The third kappa shape index (κ3) is 7.09. The number of likely N-dealkylation sites (tertiary alicyclic amines) is 1. The van der Waals surface area contributed by atoms with Crippen molar-refractivity contribution < 1.29 is 0 Å². The van der Waals surface area contributed by atoms with Gasteiger partial charge in [-0.25, -0.2) is 0 Å². The monoisotopic (exact) mass is 498 g/mol. The highest BCUT2D eigenvalue weighted by Crippen LogP contribution is 2.41. The Hall–Kier alpha value is -1.84. The highest BCUT2D eigenvalue weighted by Gasteiger charge is 2.33. The first-order chi connectivity index (χ1) is 15.8.